The number of nitrogens with one attached hydrogen (secondary N) is 1. The normalized spacial score (nSPS) is 19.4. The molecule has 1 atom stereocenters. The number of anilines is 1. The summed E-state index contributed by atoms with van der Waals surface area (Å²) in [5, 5.41) is 11.6. The monoisotopic (exact) mass is 443 g/mol. The Bertz CT molecular complexity index is 1320. The van der Waals surface area contributed by atoms with Crippen LogP contribution in [0, 0.1) is 23.1 Å². The molecule has 2 aromatic heterocycles. The van der Waals surface area contributed by atoms with Crippen LogP contribution in [-0.4, -0.2) is 26.3 Å². The Balaban J connectivity index is 1.42. The average Bonchev–Trinajstić information content (AvgIpc) is 3.53. The zero-order valence-corrected chi connectivity index (χ0v) is 18.0. The zero-order chi connectivity index (χ0) is 23.2. The van der Waals surface area contributed by atoms with Crippen LogP contribution in [0.25, 0.3) is 0 Å². The molecular weight excluding hydrogens is 421 g/mol. The Morgan fingerprint density at radius 1 is 1.33 bits per heavy atom. The van der Waals surface area contributed by atoms with Gasteiger partial charge >= 0.3 is 0 Å². The summed E-state index contributed by atoms with van der Waals surface area (Å²) in [7, 11) is 0. The van der Waals surface area contributed by atoms with E-state index in [9.17, 15) is 9.18 Å². The molecule has 3 aromatic rings. The van der Waals surface area contributed by atoms with Crippen molar-refractivity contribution in [2.45, 2.75) is 38.3 Å². The fourth-order valence-corrected chi connectivity index (χ4v) is 4.22. The summed E-state index contributed by atoms with van der Waals surface area (Å²) in [4.78, 5) is 25.8. The Morgan fingerprint density at radius 2 is 2.15 bits per heavy atom. The molecule has 3 heterocycles. The van der Waals surface area contributed by atoms with Crippen LogP contribution >= 0.6 is 0 Å². The molecule has 8 nitrogen and oxygen atoms in total. The van der Waals surface area contributed by atoms with Crippen LogP contribution in [0.5, 0.6) is 0 Å². The van der Waals surface area contributed by atoms with Gasteiger partial charge in [-0.15, -0.1) is 0 Å². The van der Waals surface area contributed by atoms with Crippen molar-refractivity contribution in [3.05, 3.63) is 76.9 Å². The van der Waals surface area contributed by atoms with Gasteiger partial charge in [-0.3, -0.25) is 9.79 Å². The number of hydrogen-bond donors (Lipinski definition) is 2. The van der Waals surface area contributed by atoms with Crippen molar-refractivity contribution < 1.29 is 9.18 Å². The first-order chi connectivity index (χ1) is 15.9. The molecule has 1 aliphatic heterocycles. The number of benzene rings is 1. The number of nitrogens with zero attached hydrogens (tertiary/aromatic N) is 5. The molecule has 0 unspecified atom stereocenters. The van der Waals surface area contributed by atoms with E-state index in [2.05, 4.69) is 20.3 Å². The number of amidine groups is 1. The molecule has 0 radical (unpaired) electrons. The molecule has 0 spiro atoms. The number of carbonyl (C=O) groups excluding carboxylic acids is 1. The van der Waals surface area contributed by atoms with Crippen molar-refractivity contribution in [3.8, 4) is 6.07 Å². The third-order valence-electron chi connectivity index (χ3n) is 6.11. The number of rotatable bonds is 5. The lowest BCUT2D eigenvalue weighted by molar-refractivity contribution is 0.102. The summed E-state index contributed by atoms with van der Waals surface area (Å²) >= 11 is 0. The number of nitriles is 1. The maximum atomic E-state index is 14.9. The van der Waals surface area contributed by atoms with Crippen LogP contribution in [0.15, 0.2) is 47.8 Å². The maximum absolute atomic E-state index is 14.9. The van der Waals surface area contributed by atoms with Gasteiger partial charge in [0.25, 0.3) is 5.91 Å². The van der Waals surface area contributed by atoms with E-state index < -0.39 is 17.3 Å². The van der Waals surface area contributed by atoms with Crippen molar-refractivity contribution in [1.82, 2.24) is 14.5 Å². The molecule has 1 saturated carbocycles. The molecule has 5 rings (SSSR count). The second-order valence-corrected chi connectivity index (χ2v) is 8.78. The molecule has 33 heavy (non-hydrogen) atoms. The number of nitrogens with two attached hydrogens (primary N) is 1. The van der Waals surface area contributed by atoms with Crippen LogP contribution < -0.4 is 11.1 Å². The fraction of sp³-hybridized carbons (Fsp3) is 0.292. The van der Waals surface area contributed by atoms with Gasteiger partial charge in [0.2, 0.25) is 0 Å². The van der Waals surface area contributed by atoms with E-state index >= 15 is 0 Å². The molecule has 9 heteroatoms. The first kappa shape index (κ1) is 20.8. The SMILES string of the molecule is C[C@@]1(c2cc(NC(=O)c3ccc(C#N)cn3)ccc2F)Cn2cnc(CC3CC3)c2C(N)=N1. The smallest absolute Gasteiger partial charge is 0.274 e. The fourth-order valence-electron chi connectivity index (χ4n) is 4.22. The van der Waals surface area contributed by atoms with E-state index in [1.165, 1.54) is 43.3 Å². The minimum absolute atomic E-state index is 0.150. The predicted octanol–water partition coefficient (Wildman–Crippen LogP) is 3.13. The highest BCUT2D eigenvalue weighted by Gasteiger charge is 2.37. The zero-order valence-electron chi connectivity index (χ0n) is 18.0. The Kier molecular flexibility index (Phi) is 4.93. The molecule has 0 bridgehead atoms. The molecule has 2 aliphatic rings. The van der Waals surface area contributed by atoms with Crippen molar-refractivity contribution in [3.63, 3.8) is 0 Å². The van der Waals surface area contributed by atoms with E-state index in [0.717, 1.165) is 17.8 Å². The molecule has 1 aliphatic carbocycles. The lowest BCUT2D eigenvalue weighted by atomic mass is 9.90. The maximum Gasteiger partial charge on any atom is 0.274 e. The Labute approximate surface area is 190 Å². The van der Waals surface area contributed by atoms with E-state index in [4.69, 9.17) is 11.0 Å². The van der Waals surface area contributed by atoms with Crippen molar-refractivity contribution in [2.75, 3.05) is 5.32 Å². The van der Waals surface area contributed by atoms with E-state index in [1.807, 2.05) is 17.6 Å². The quantitative estimate of drug-likeness (QED) is 0.627. The second-order valence-electron chi connectivity index (χ2n) is 8.78. The van der Waals surface area contributed by atoms with E-state index in [0.29, 0.717) is 35.1 Å². The third-order valence-corrected chi connectivity index (χ3v) is 6.11. The molecule has 3 N–H and O–H groups in total. The van der Waals surface area contributed by atoms with Crippen molar-refractivity contribution >= 4 is 17.4 Å². The third kappa shape index (κ3) is 3.96. The largest absolute Gasteiger partial charge is 0.382 e. The number of amides is 1. The number of carbonyl (C=O) groups is 1. The number of halogens is 1. The summed E-state index contributed by atoms with van der Waals surface area (Å²) < 4.78 is 16.9. The van der Waals surface area contributed by atoms with E-state index in [-0.39, 0.29) is 5.69 Å². The van der Waals surface area contributed by atoms with Gasteiger partial charge in [0.1, 0.15) is 34.6 Å². The lowest BCUT2D eigenvalue weighted by Crippen LogP contribution is -2.37. The van der Waals surface area contributed by atoms with Crippen LogP contribution in [0.3, 0.4) is 0 Å². The summed E-state index contributed by atoms with van der Waals surface area (Å²) in [6.07, 6.45) is 6.37. The summed E-state index contributed by atoms with van der Waals surface area (Å²) in [6.45, 7) is 2.20. The minimum atomic E-state index is -0.966. The molecule has 0 saturated heterocycles. The first-order valence-corrected chi connectivity index (χ1v) is 10.7. The highest BCUT2D eigenvalue weighted by atomic mass is 19.1. The number of pyridine rings is 1. The number of hydrogen-bond acceptors (Lipinski definition) is 6. The minimum Gasteiger partial charge on any atom is -0.382 e. The Hall–Kier alpha value is -4.06. The molecule has 1 amide bonds. The Morgan fingerprint density at radius 3 is 2.85 bits per heavy atom. The average molecular weight is 443 g/mol. The molecule has 1 fully saturated rings. The summed E-state index contributed by atoms with van der Waals surface area (Å²) in [6, 6.07) is 9.29. The topological polar surface area (TPSA) is 122 Å². The molecule has 1 aromatic carbocycles. The number of fused-ring (bicyclic) bond motifs is 1. The van der Waals surface area contributed by atoms with Gasteiger partial charge < -0.3 is 15.6 Å². The van der Waals surface area contributed by atoms with Crippen LogP contribution in [0.1, 0.15) is 52.8 Å². The summed E-state index contributed by atoms with van der Waals surface area (Å²) in [5.41, 5.74) is 8.36. The summed E-state index contributed by atoms with van der Waals surface area (Å²) in [5.74, 6) is 0.0994. The first-order valence-electron chi connectivity index (χ1n) is 10.7. The molecule has 166 valence electrons. The van der Waals surface area contributed by atoms with Crippen molar-refractivity contribution in [1.29, 1.82) is 5.26 Å². The number of aliphatic imine (C=N–C) groups is 1. The highest BCUT2D eigenvalue weighted by Crippen LogP contribution is 2.37. The van der Waals surface area contributed by atoms with Crippen LogP contribution in [0.4, 0.5) is 10.1 Å². The van der Waals surface area contributed by atoms with Gasteiger partial charge in [-0.05, 0) is 62.4 Å². The van der Waals surface area contributed by atoms with Crippen LogP contribution in [-0.2, 0) is 18.5 Å². The van der Waals surface area contributed by atoms with Gasteiger partial charge in [0, 0.05) is 17.4 Å². The predicted molar refractivity (Wildman–Crippen MR) is 120 cm³/mol. The highest BCUT2D eigenvalue weighted by molar-refractivity contribution is 6.03. The molecular formula is C24H22FN7O. The van der Waals surface area contributed by atoms with Gasteiger partial charge in [0.05, 0.1) is 24.1 Å². The number of aromatic nitrogens is 3. The van der Waals surface area contributed by atoms with Gasteiger partial charge in [-0.2, -0.15) is 5.26 Å². The lowest BCUT2D eigenvalue weighted by Gasteiger charge is -2.32. The van der Waals surface area contributed by atoms with Gasteiger partial charge in [-0.25, -0.2) is 14.4 Å². The van der Waals surface area contributed by atoms with E-state index in [1.54, 1.807) is 12.4 Å². The number of imidazole rings is 1. The van der Waals surface area contributed by atoms with Crippen molar-refractivity contribution in [2.24, 2.45) is 16.6 Å². The van der Waals surface area contributed by atoms with Gasteiger partial charge in [0.15, 0.2) is 0 Å². The standard InChI is InChI=1S/C24H22FN7O/c1-24(12-32-13-29-20(8-14-2-3-14)21(32)22(27)31-24)17-9-16(5-6-18(17)25)30-23(33)19-7-4-15(10-26)11-28-19/h4-7,9,11,13-14H,2-3,8,12H2,1H3,(H2,27,31)(H,30,33)/t24-/m0/s1. The second kappa shape index (κ2) is 7.81. The van der Waals surface area contributed by atoms with Gasteiger partial charge in [-0.1, -0.05) is 0 Å². The van der Waals surface area contributed by atoms with Crippen LogP contribution in [0.2, 0.25) is 0 Å².